The molecule has 0 rings (SSSR count). The van der Waals surface area contributed by atoms with Crippen molar-refractivity contribution >= 4 is 20.1 Å². The summed E-state index contributed by atoms with van der Waals surface area (Å²) >= 11 is 0. The lowest BCUT2D eigenvalue weighted by atomic mass is 9.97. The number of hydrogen-bond acceptors (Lipinski definition) is 4. The first-order valence-corrected chi connectivity index (χ1v) is 14.5. The maximum atomic E-state index is 13.8. The van der Waals surface area contributed by atoms with Crippen LogP contribution in [-0.4, -0.2) is 48.3 Å². The highest BCUT2D eigenvalue weighted by atomic mass is 32.2. The fourth-order valence-corrected chi connectivity index (χ4v) is 6.96. The van der Waals surface area contributed by atoms with Crippen molar-refractivity contribution in [1.82, 2.24) is 4.31 Å². The Balaban J connectivity index is 6.17. The van der Waals surface area contributed by atoms with Gasteiger partial charge in [0.2, 0.25) is 10.0 Å². The van der Waals surface area contributed by atoms with Crippen LogP contribution in [0, 0.1) is 11.8 Å². The average molecular weight is 470 g/mol. The zero-order chi connectivity index (χ0) is 23.8. The van der Waals surface area contributed by atoms with Crippen molar-refractivity contribution < 1.29 is 21.4 Å². The molecule has 0 spiro atoms. The fraction of sp³-hybridized carbons (Fsp3) is 1.00. The summed E-state index contributed by atoms with van der Waals surface area (Å²) in [4.78, 5) is 0. The summed E-state index contributed by atoms with van der Waals surface area (Å²) in [7, 11) is -8.59. The Morgan fingerprint density at radius 3 is 1.37 bits per heavy atom. The van der Waals surface area contributed by atoms with E-state index in [0.29, 0.717) is 13.1 Å². The number of rotatable bonds is 16. The molecule has 0 aromatic rings. The normalized spacial score (nSPS) is 16.1. The Kier molecular flexibility index (Phi) is 12.1. The fourth-order valence-electron chi connectivity index (χ4n) is 3.63. The first-order chi connectivity index (χ1) is 13.6. The van der Waals surface area contributed by atoms with Gasteiger partial charge in [0.15, 0.2) is 0 Å². The van der Waals surface area contributed by atoms with E-state index in [0.717, 1.165) is 51.4 Å². The SMILES string of the molecule is CCCCC(CC)CN(CC(CC)CCCC)S(=O)(=O)C(C)(C)C(C)(C)S(=O)(=O)O. The molecule has 2 atom stereocenters. The molecule has 0 amide bonds. The second-order valence-electron chi connectivity index (χ2n) is 9.65. The molecule has 0 saturated heterocycles. The molecule has 1 N–H and O–H groups in total. The van der Waals surface area contributed by atoms with E-state index < -0.39 is 29.6 Å². The third-order valence-corrected chi connectivity index (χ3v) is 11.8. The molecule has 2 unspecified atom stereocenters. The van der Waals surface area contributed by atoms with Crippen LogP contribution in [-0.2, 0) is 20.1 Å². The Bertz CT molecular complexity index is 681. The van der Waals surface area contributed by atoms with Gasteiger partial charge in [0.1, 0.15) is 9.49 Å². The van der Waals surface area contributed by atoms with E-state index in [1.165, 1.54) is 32.0 Å². The van der Waals surface area contributed by atoms with Crippen LogP contribution in [0.3, 0.4) is 0 Å². The standard InChI is InChI=1S/C22H47NO5S2/c1-9-13-15-19(11-3)17-23(18-20(12-4)16-14-10-2)29(24,25)21(5,6)22(7,8)30(26,27)28/h19-20H,9-18H2,1-8H3,(H,26,27,28). The van der Waals surface area contributed by atoms with Gasteiger partial charge in [-0.3, -0.25) is 4.55 Å². The maximum absolute atomic E-state index is 13.8. The Hall–Kier alpha value is -0.180. The van der Waals surface area contributed by atoms with Gasteiger partial charge in [-0.25, -0.2) is 12.7 Å². The third kappa shape index (κ3) is 7.17. The van der Waals surface area contributed by atoms with Gasteiger partial charge >= 0.3 is 0 Å². The summed E-state index contributed by atoms with van der Waals surface area (Å²) < 4.78 is 59.7. The van der Waals surface area contributed by atoms with Gasteiger partial charge in [0.25, 0.3) is 10.1 Å². The minimum atomic E-state index is -4.58. The van der Waals surface area contributed by atoms with Crippen LogP contribution in [0.25, 0.3) is 0 Å². The average Bonchev–Trinajstić information content (AvgIpc) is 2.65. The van der Waals surface area contributed by atoms with Crippen molar-refractivity contribution in [2.24, 2.45) is 11.8 Å². The van der Waals surface area contributed by atoms with E-state index in [4.69, 9.17) is 0 Å². The first-order valence-electron chi connectivity index (χ1n) is 11.6. The molecule has 30 heavy (non-hydrogen) atoms. The van der Waals surface area contributed by atoms with Crippen LogP contribution in [0.15, 0.2) is 0 Å². The lowest BCUT2D eigenvalue weighted by Gasteiger charge is -2.42. The number of sulfonamides is 1. The third-order valence-electron chi connectivity index (χ3n) is 7.09. The molecule has 0 heterocycles. The molecule has 0 radical (unpaired) electrons. The number of nitrogens with zero attached hydrogens (tertiary/aromatic N) is 1. The van der Waals surface area contributed by atoms with E-state index in [1.54, 1.807) is 0 Å². The van der Waals surface area contributed by atoms with Crippen molar-refractivity contribution in [3.8, 4) is 0 Å². The van der Waals surface area contributed by atoms with Crippen LogP contribution in [0.5, 0.6) is 0 Å². The lowest BCUT2D eigenvalue weighted by Crippen LogP contribution is -2.60. The number of hydrogen-bond donors (Lipinski definition) is 1. The van der Waals surface area contributed by atoms with E-state index >= 15 is 0 Å². The highest BCUT2D eigenvalue weighted by molar-refractivity contribution is 7.93. The van der Waals surface area contributed by atoms with E-state index in [-0.39, 0.29) is 11.8 Å². The summed E-state index contributed by atoms with van der Waals surface area (Å²) in [6.45, 7) is 14.6. The molecular formula is C22H47NO5S2. The molecule has 0 aliphatic rings. The maximum Gasteiger partial charge on any atom is 0.271 e. The smallest absolute Gasteiger partial charge is 0.271 e. The molecule has 0 fully saturated rings. The molecule has 182 valence electrons. The van der Waals surface area contributed by atoms with Gasteiger partial charge in [-0.05, 0) is 52.4 Å². The minimum absolute atomic E-state index is 0.230. The van der Waals surface area contributed by atoms with Crippen molar-refractivity contribution in [1.29, 1.82) is 0 Å². The van der Waals surface area contributed by atoms with E-state index in [9.17, 15) is 21.4 Å². The van der Waals surface area contributed by atoms with Gasteiger partial charge < -0.3 is 0 Å². The van der Waals surface area contributed by atoms with E-state index in [1.807, 2.05) is 0 Å². The Labute approximate surface area is 187 Å². The number of unbranched alkanes of at least 4 members (excludes halogenated alkanes) is 2. The highest BCUT2D eigenvalue weighted by Crippen LogP contribution is 2.38. The van der Waals surface area contributed by atoms with Crippen LogP contribution in [0.1, 0.15) is 107 Å². The molecule has 0 saturated carbocycles. The van der Waals surface area contributed by atoms with Gasteiger partial charge in [0.05, 0.1) is 0 Å². The molecule has 6 nitrogen and oxygen atoms in total. The summed E-state index contributed by atoms with van der Waals surface area (Å²) in [5.41, 5.74) is 0. The van der Waals surface area contributed by atoms with E-state index in [2.05, 4.69) is 27.7 Å². The van der Waals surface area contributed by atoms with Crippen LogP contribution in [0.2, 0.25) is 0 Å². The lowest BCUT2D eigenvalue weighted by molar-refractivity contribution is 0.260. The summed E-state index contributed by atoms with van der Waals surface area (Å²) in [6, 6.07) is 0. The zero-order valence-corrected chi connectivity index (χ0v) is 22.2. The Morgan fingerprint density at radius 1 is 0.733 bits per heavy atom. The molecule has 8 heteroatoms. The molecule has 0 bridgehead atoms. The van der Waals surface area contributed by atoms with Crippen molar-refractivity contribution in [2.75, 3.05) is 13.1 Å². The predicted octanol–water partition coefficient (Wildman–Crippen LogP) is 5.50. The van der Waals surface area contributed by atoms with Crippen molar-refractivity contribution in [3.05, 3.63) is 0 Å². The quantitative estimate of drug-likeness (QED) is 0.301. The zero-order valence-electron chi connectivity index (χ0n) is 20.6. The topological polar surface area (TPSA) is 91.8 Å². The van der Waals surface area contributed by atoms with Gasteiger partial charge in [-0.15, -0.1) is 0 Å². The summed E-state index contributed by atoms with van der Waals surface area (Å²) in [5.74, 6) is 0.459. The summed E-state index contributed by atoms with van der Waals surface area (Å²) in [5, 5.41) is 0. The van der Waals surface area contributed by atoms with Crippen molar-refractivity contribution in [2.45, 2.75) is 116 Å². The monoisotopic (exact) mass is 469 g/mol. The second-order valence-corrected chi connectivity index (χ2v) is 14.1. The predicted molar refractivity (Wildman–Crippen MR) is 127 cm³/mol. The molecule has 0 aromatic heterocycles. The minimum Gasteiger partial charge on any atom is -0.285 e. The van der Waals surface area contributed by atoms with Crippen LogP contribution >= 0.6 is 0 Å². The van der Waals surface area contributed by atoms with Gasteiger partial charge in [-0.1, -0.05) is 66.2 Å². The van der Waals surface area contributed by atoms with Gasteiger partial charge in [-0.2, -0.15) is 8.42 Å². The molecule has 0 aromatic carbocycles. The molecular weight excluding hydrogens is 422 g/mol. The Morgan fingerprint density at radius 2 is 1.10 bits per heavy atom. The van der Waals surface area contributed by atoms with Crippen molar-refractivity contribution in [3.63, 3.8) is 0 Å². The molecule has 0 aliphatic heterocycles. The van der Waals surface area contributed by atoms with Crippen LogP contribution in [0.4, 0.5) is 0 Å². The first kappa shape index (κ1) is 29.8. The molecule has 0 aliphatic carbocycles. The summed E-state index contributed by atoms with van der Waals surface area (Å²) in [6.07, 6.45) is 7.84. The largest absolute Gasteiger partial charge is 0.285 e. The van der Waals surface area contributed by atoms with Gasteiger partial charge in [0, 0.05) is 13.1 Å². The van der Waals surface area contributed by atoms with Crippen LogP contribution < -0.4 is 0 Å². The highest BCUT2D eigenvalue weighted by Gasteiger charge is 2.57. The second kappa shape index (κ2) is 12.2.